The minimum absolute atomic E-state index is 0.205. The summed E-state index contributed by atoms with van der Waals surface area (Å²) < 4.78 is 0. The van der Waals surface area contributed by atoms with Crippen molar-refractivity contribution >= 4 is 86.2 Å². The molecule has 0 amide bonds. The van der Waals surface area contributed by atoms with Gasteiger partial charge in [0.15, 0.2) is 21.7 Å². The summed E-state index contributed by atoms with van der Waals surface area (Å²) >= 11 is 0. The lowest BCUT2D eigenvalue weighted by atomic mass is 9.76. The second kappa shape index (κ2) is 15.1. The van der Waals surface area contributed by atoms with Crippen LogP contribution in [0.1, 0.15) is 105 Å². The molecular formula is C66H58O4. The zero-order chi connectivity index (χ0) is 49.7. The lowest BCUT2D eigenvalue weighted by molar-refractivity contribution is 0.568. The van der Waals surface area contributed by atoms with Gasteiger partial charge in [-0.15, -0.1) is 0 Å². The maximum absolute atomic E-state index is 15.1. The molecule has 0 radical (unpaired) electrons. The third-order valence-electron chi connectivity index (χ3n) is 15.0. The molecule has 0 unspecified atom stereocenters. The van der Waals surface area contributed by atoms with Gasteiger partial charge in [-0.1, -0.05) is 168 Å². The lowest BCUT2D eigenvalue weighted by Crippen LogP contribution is -2.17. The molecule has 0 heterocycles. The van der Waals surface area contributed by atoms with Crippen molar-refractivity contribution in [1.29, 1.82) is 0 Å². The van der Waals surface area contributed by atoms with E-state index in [-0.39, 0.29) is 43.4 Å². The molecule has 0 aromatic heterocycles. The molecule has 4 nitrogen and oxygen atoms in total. The van der Waals surface area contributed by atoms with Crippen molar-refractivity contribution in [3.8, 4) is 22.3 Å². The number of benzene rings is 11. The third kappa shape index (κ3) is 7.09. The summed E-state index contributed by atoms with van der Waals surface area (Å²) in [4.78, 5) is 60.5. The van der Waals surface area contributed by atoms with Crippen LogP contribution in [0, 0.1) is 0 Å². The first kappa shape index (κ1) is 45.2. The average Bonchev–Trinajstić information content (AvgIpc) is 3.31. The first-order chi connectivity index (χ1) is 32.9. The van der Waals surface area contributed by atoms with Gasteiger partial charge in [0.1, 0.15) is 0 Å². The highest BCUT2D eigenvalue weighted by Gasteiger charge is 2.28. The molecule has 0 aliphatic heterocycles. The zero-order valence-electron chi connectivity index (χ0n) is 42.3. The van der Waals surface area contributed by atoms with Crippen molar-refractivity contribution in [2.24, 2.45) is 0 Å². The lowest BCUT2D eigenvalue weighted by Gasteiger charge is -2.28. The van der Waals surface area contributed by atoms with Gasteiger partial charge in [0.05, 0.1) is 0 Å². The Labute approximate surface area is 407 Å². The summed E-state index contributed by atoms with van der Waals surface area (Å²) in [6, 6.07) is 44.5. The van der Waals surface area contributed by atoms with Crippen LogP contribution >= 0.6 is 0 Å². The largest absolute Gasteiger partial charge is 0.289 e. The molecule has 11 aromatic carbocycles. The van der Waals surface area contributed by atoms with Crippen LogP contribution in [-0.2, 0) is 21.7 Å². The molecule has 11 rings (SSSR count). The molecule has 0 atom stereocenters. The summed E-state index contributed by atoms with van der Waals surface area (Å²) in [7, 11) is 0. The van der Waals surface area contributed by atoms with Crippen LogP contribution in [0.2, 0.25) is 0 Å². The standard InChI is InChI=1S/C66H58O4/c1-63(2,3)41-21-39(22-42(29-41)64(4,5)6)57-45-31-53-55(61(69)51-27-37-19-15-13-17-35(37)25-49(51)59(53)67)33-47(45)58(40-23-43(65(7,8)9)30-44(24-40)66(10,11)12)48-34-56-54(32-46(48)57)60(68)50-26-36-18-14-16-20-38(36)28-52(50)62(56)70/h13-34H,1-12H3. The summed E-state index contributed by atoms with van der Waals surface area (Å²) in [6.45, 7) is 26.6. The average molecular weight is 915 g/mol. The van der Waals surface area contributed by atoms with Gasteiger partial charge in [0, 0.05) is 43.1 Å². The van der Waals surface area contributed by atoms with E-state index in [9.17, 15) is 0 Å². The van der Waals surface area contributed by atoms with Crippen LogP contribution < -0.4 is 21.7 Å². The molecule has 11 aromatic rings. The fourth-order valence-electron chi connectivity index (χ4n) is 10.8. The van der Waals surface area contributed by atoms with E-state index in [2.05, 4.69) is 119 Å². The van der Waals surface area contributed by atoms with Crippen molar-refractivity contribution in [1.82, 2.24) is 0 Å². The predicted octanol–water partition coefficient (Wildman–Crippen LogP) is 15.8. The van der Waals surface area contributed by atoms with Gasteiger partial charge in [0.2, 0.25) is 0 Å². The normalized spacial score (nSPS) is 13.1. The Bertz CT molecular complexity index is 3800. The van der Waals surface area contributed by atoms with Crippen molar-refractivity contribution in [3.05, 3.63) is 197 Å². The predicted molar refractivity (Wildman–Crippen MR) is 300 cm³/mol. The fourth-order valence-corrected chi connectivity index (χ4v) is 10.8. The van der Waals surface area contributed by atoms with Gasteiger partial charge < -0.3 is 0 Å². The van der Waals surface area contributed by atoms with Crippen LogP contribution in [0.5, 0.6) is 0 Å². The first-order valence-electron chi connectivity index (χ1n) is 24.6. The maximum atomic E-state index is 15.1. The summed E-state index contributed by atoms with van der Waals surface area (Å²) in [5.74, 6) is 0. The highest BCUT2D eigenvalue weighted by Crippen LogP contribution is 2.48. The molecule has 0 bridgehead atoms. The number of rotatable bonds is 2. The fraction of sp³-hybridized carbons (Fsp3) is 0.242. The first-order valence-corrected chi connectivity index (χ1v) is 24.6. The van der Waals surface area contributed by atoms with Crippen LogP contribution in [-0.4, -0.2) is 0 Å². The number of fused-ring (bicyclic) bond motifs is 8. The zero-order valence-corrected chi connectivity index (χ0v) is 42.3. The Morgan fingerprint density at radius 3 is 0.643 bits per heavy atom. The molecule has 4 heteroatoms. The van der Waals surface area contributed by atoms with Crippen LogP contribution in [0.3, 0.4) is 0 Å². The van der Waals surface area contributed by atoms with Crippen LogP contribution in [0.4, 0.5) is 0 Å². The Morgan fingerprint density at radius 1 is 0.243 bits per heavy atom. The van der Waals surface area contributed by atoms with E-state index in [0.717, 1.165) is 87.6 Å². The number of hydrogen-bond acceptors (Lipinski definition) is 4. The van der Waals surface area contributed by atoms with E-state index in [4.69, 9.17) is 0 Å². The molecule has 70 heavy (non-hydrogen) atoms. The van der Waals surface area contributed by atoms with E-state index in [1.54, 1.807) is 0 Å². The Morgan fingerprint density at radius 2 is 0.443 bits per heavy atom. The van der Waals surface area contributed by atoms with Crippen molar-refractivity contribution < 1.29 is 0 Å². The van der Waals surface area contributed by atoms with Crippen molar-refractivity contribution in [2.75, 3.05) is 0 Å². The van der Waals surface area contributed by atoms with Crippen LogP contribution in [0.15, 0.2) is 153 Å². The quantitative estimate of drug-likeness (QED) is 0.162. The van der Waals surface area contributed by atoms with E-state index in [1.165, 1.54) is 0 Å². The summed E-state index contributed by atoms with van der Waals surface area (Å²) in [5.41, 5.74) is 6.35. The van der Waals surface area contributed by atoms with Gasteiger partial charge in [0.25, 0.3) is 0 Å². The molecular weight excluding hydrogens is 857 g/mol. The van der Waals surface area contributed by atoms with Gasteiger partial charge in [-0.3, -0.25) is 19.2 Å². The highest BCUT2D eigenvalue weighted by atomic mass is 16.1. The molecule has 0 N–H and O–H groups in total. The second-order valence-corrected chi connectivity index (χ2v) is 24.0. The maximum Gasteiger partial charge on any atom is 0.194 e. The van der Waals surface area contributed by atoms with E-state index in [1.807, 2.05) is 97.1 Å². The SMILES string of the molecule is CC(C)(C)c1cc(-c2c3cc4c(=O)c5cc6ccccc6cc5c(=O)c4cc3c(-c3cc(C(C)(C)C)cc(C(C)(C)C)c3)c3cc4c(=O)c5cc6ccccc6cc5c(=O)c4cc23)cc(C(C)(C)C)c1. The molecule has 0 aliphatic carbocycles. The van der Waals surface area contributed by atoms with Gasteiger partial charge in [-0.25, -0.2) is 0 Å². The summed E-state index contributed by atoms with van der Waals surface area (Å²) in [6.07, 6.45) is 0. The van der Waals surface area contributed by atoms with E-state index < -0.39 is 0 Å². The molecule has 0 aliphatic rings. The number of hydrogen-bond donors (Lipinski definition) is 0. The van der Waals surface area contributed by atoms with Gasteiger partial charge >= 0.3 is 0 Å². The smallest absolute Gasteiger partial charge is 0.194 e. The minimum Gasteiger partial charge on any atom is -0.289 e. The molecule has 0 saturated heterocycles. The Kier molecular flexibility index (Phi) is 9.74. The second-order valence-electron chi connectivity index (χ2n) is 24.0. The highest BCUT2D eigenvalue weighted by molar-refractivity contribution is 6.26. The topological polar surface area (TPSA) is 68.3 Å². The Hall–Kier alpha value is -7.30. The van der Waals surface area contributed by atoms with E-state index >= 15 is 19.2 Å². The van der Waals surface area contributed by atoms with Crippen LogP contribution in [0.25, 0.3) is 108 Å². The third-order valence-corrected chi connectivity index (χ3v) is 15.0. The molecule has 346 valence electrons. The van der Waals surface area contributed by atoms with E-state index in [0.29, 0.717) is 43.1 Å². The van der Waals surface area contributed by atoms with Crippen molar-refractivity contribution in [2.45, 2.75) is 105 Å². The minimum atomic E-state index is -0.236. The molecule has 0 fully saturated rings. The van der Waals surface area contributed by atoms with Crippen molar-refractivity contribution in [3.63, 3.8) is 0 Å². The molecule has 0 spiro atoms. The van der Waals surface area contributed by atoms with Gasteiger partial charge in [-0.2, -0.15) is 0 Å². The summed E-state index contributed by atoms with van der Waals surface area (Å²) in [5, 5.41) is 9.65. The van der Waals surface area contributed by atoms with Gasteiger partial charge in [-0.05, 0) is 158 Å². The Balaban J connectivity index is 1.44. The molecule has 0 saturated carbocycles. The monoisotopic (exact) mass is 914 g/mol.